The maximum atomic E-state index is 16.2. The minimum Gasteiger partial charge on any atom is -0.377 e. The molecule has 234 valence electrons. The summed E-state index contributed by atoms with van der Waals surface area (Å²) >= 11 is 0. The highest BCUT2D eigenvalue weighted by Gasteiger charge is 2.27. The summed E-state index contributed by atoms with van der Waals surface area (Å²) in [5, 5.41) is 1.40. The summed E-state index contributed by atoms with van der Waals surface area (Å²) in [4.78, 5) is 13.2. The summed E-state index contributed by atoms with van der Waals surface area (Å²) in [7, 11) is -3.95. The summed E-state index contributed by atoms with van der Waals surface area (Å²) in [6.45, 7) is 9.57. The topological polar surface area (TPSA) is 92.6 Å². The van der Waals surface area contributed by atoms with Gasteiger partial charge < -0.3 is 19.1 Å². The third kappa shape index (κ3) is 6.15. The molecule has 2 fully saturated rings. The van der Waals surface area contributed by atoms with Gasteiger partial charge >= 0.3 is 0 Å². The Bertz CT molecular complexity index is 1760. The van der Waals surface area contributed by atoms with Crippen molar-refractivity contribution in [3.63, 3.8) is 0 Å². The van der Waals surface area contributed by atoms with Gasteiger partial charge in [-0.2, -0.15) is 0 Å². The highest BCUT2D eigenvalue weighted by molar-refractivity contribution is 7.92. The van der Waals surface area contributed by atoms with Crippen molar-refractivity contribution in [3.05, 3.63) is 71.0 Å². The molecule has 9 nitrogen and oxygen atoms in total. The van der Waals surface area contributed by atoms with Gasteiger partial charge in [-0.25, -0.2) is 27.2 Å². The first-order chi connectivity index (χ1) is 21.3. The number of nitrogens with one attached hydrogen (secondary N) is 1. The second-order valence-electron chi connectivity index (χ2n) is 11.5. The first-order valence-corrected chi connectivity index (χ1v) is 16.9. The van der Waals surface area contributed by atoms with Crippen molar-refractivity contribution in [1.29, 1.82) is 0 Å². The number of nitrogens with zero attached hydrogens (tertiary/aromatic N) is 5. The maximum Gasteiger partial charge on any atom is 0.235 e. The number of piperazine rings is 1. The van der Waals surface area contributed by atoms with Crippen molar-refractivity contribution in [2.75, 3.05) is 49.8 Å². The lowest BCUT2D eigenvalue weighted by molar-refractivity contribution is 0.127. The van der Waals surface area contributed by atoms with E-state index in [9.17, 15) is 8.42 Å². The smallest absolute Gasteiger partial charge is 0.235 e. The van der Waals surface area contributed by atoms with E-state index in [1.807, 2.05) is 6.08 Å². The summed E-state index contributed by atoms with van der Waals surface area (Å²) < 4.78 is 66.9. The van der Waals surface area contributed by atoms with Gasteiger partial charge in [0.2, 0.25) is 10.0 Å². The zero-order chi connectivity index (χ0) is 30.8. The largest absolute Gasteiger partial charge is 0.377 e. The van der Waals surface area contributed by atoms with Crippen LogP contribution in [-0.2, 0) is 14.8 Å². The molecule has 0 amide bonds. The van der Waals surface area contributed by atoms with E-state index in [1.165, 1.54) is 10.9 Å². The second kappa shape index (κ2) is 12.8. The number of benzene rings is 1. The van der Waals surface area contributed by atoms with Crippen LogP contribution in [0, 0.1) is 17.6 Å². The van der Waals surface area contributed by atoms with Gasteiger partial charge in [-0.15, -0.1) is 0 Å². The van der Waals surface area contributed by atoms with Crippen LogP contribution in [0.2, 0.25) is 0 Å². The maximum absolute atomic E-state index is 16.2. The van der Waals surface area contributed by atoms with E-state index in [2.05, 4.69) is 50.5 Å². The molecule has 2 atom stereocenters. The molecule has 12 heteroatoms. The molecule has 3 aliphatic rings. The highest BCUT2D eigenvalue weighted by atomic mass is 32.2. The molecule has 0 radical (unpaired) electrons. The van der Waals surface area contributed by atoms with Crippen LogP contribution in [0.5, 0.6) is 0 Å². The number of hydrogen-bond donors (Lipinski definition) is 1. The van der Waals surface area contributed by atoms with Crippen LogP contribution < -0.4 is 15.3 Å². The Morgan fingerprint density at radius 3 is 2.52 bits per heavy atom. The van der Waals surface area contributed by atoms with Crippen LogP contribution in [0.4, 0.5) is 14.5 Å². The number of anilines is 1. The van der Waals surface area contributed by atoms with Gasteiger partial charge in [0.15, 0.2) is 5.82 Å². The predicted molar refractivity (Wildman–Crippen MR) is 167 cm³/mol. The van der Waals surface area contributed by atoms with Gasteiger partial charge in [-0.05, 0) is 50.1 Å². The molecule has 2 aromatic heterocycles. The van der Waals surface area contributed by atoms with Crippen LogP contribution >= 0.6 is 0 Å². The first kappa shape index (κ1) is 30.4. The minimum absolute atomic E-state index is 0.0746. The van der Waals surface area contributed by atoms with Gasteiger partial charge in [-0.1, -0.05) is 19.9 Å². The van der Waals surface area contributed by atoms with Crippen molar-refractivity contribution in [1.82, 2.24) is 24.3 Å². The molecule has 0 saturated carbocycles. The molecular weight excluding hydrogens is 586 g/mol. The van der Waals surface area contributed by atoms with E-state index < -0.39 is 27.8 Å². The highest BCUT2D eigenvalue weighted by Crippen LogP contribution is 2.29. The van der Waals surface area contributed by atoms with Crippen LogP contribution in [0.15, 0.2) is 48.8 Å². The van der Waals surface area contributed by atoms with Crippen LogP contribution in [-0.4, -0.2) is 83.9 Å². The lowest BCUT2D eigenvalue weighted by atomic mass is 9.98. The Hall–Kier alpha value is -3.61. The SMILES string of the molecule is CCC1C=c2c(-c3cncnc3)cn(-c3c(F)ccc(NS(=O)(=O)CC4CCCO4)c3F)c2=CC=C1N1CCN(CC)CC1. The average molecular weight is 625 g/mol. The zero-order valence-corrected chi connectivity index (χ0v) is 25.9. The fourth-order valence-electron chi connectivity index (χ4n) is 6.37. The Balaban J connectivity index is 1.47. The summed E-state index contributed by atoms with van der Waals surface area (Å²) in [5.74, 6) is -2.04. The number of likely N-dealkylation sites (N-methyl/N-ethyl adjacent to an activating group) is 1. The van der Waals surface area contributed by atoms with Crippen molar-refractivity contribution >= 4 is 27.9 Å². The first-order valence-electron chi connectivity index (χ1n) is 15.3. The molecule has 4 heterocycles. The minimum atomic E-state index is -3.95. The Labute approximate surface area is 256 Å². The van der Waals surface area contributed by atoms with Crippen LogP contribution in [0.3, 0.4) is 0 Å². The molecule has 2 unspecified atom stereocenters. The number of hydrogen-bond acceptors (Lipinski definition) is 7. The van der Waals surface area contributed by atoms with Gasteiger partial charge in [0.25, 0.3) is 0 Å². The summed E-state index contributed by atoms with van der Waals surface area (Å²) in [5.41, 5.74) is 1.91. The molecule has 1 N–H and O–H groups in total. The number of halogens is 2. The van der Waals surface area contributed by atoms with Crippen molar-refractivity contribution in [2.45, 2.75) is 39.2 Å². The van der Waals surface area contributed by atoms with Crippen LogP contribution in [0.1, 0.15) is 33.1 Å². The molecular formula is C32H38F2N6O3S. The molecule has 6 rings (SSSR count). The van der Waals surface area contributed by atoms with Crippen molar-refractivity contribution < 1.29 is 21.9 Å². The lowest BCUT2D eigenvalue weighted by Gasteiger charge is -2.38. The Kier molecular flexibility index (Phi) is 8.84. The predicted octanol–water partition coefficient (Wildman–Crippen LogP) is 3.26. The van der Waals surface area contributed by atoms with Gasteiger partial charge in [0.1, 0.15) is 17.8 Å². The van der Waals surface area contributed by atoms with E-state index >= 15 is 8.78 Å². The normalized spacial score (nSPS) is 20.8. The summed E-state index contributed by atoms with van der Waals surface area (Å²) in [6.07, 6.45) is 14.4. The quantitative estimate of drug-likeness (QED) is 0.391. The zero-order valence-electron chi connectivity index (χ0n) is 25.0. The number of fused-ring (bicyclic) bond motifs is 1. The average Bonchev–Trinajstić information content (AvgIpc) is 3.61. The fourth-order valence-corrected chi connectivity index (χ4v) is 7.70. The number of rotatable bonds is 9. The van der Waals surface area contributed by atoms with E-state index in [0.29, 0.717) is 23.9 Å². The third-order valence-corrected chi connectivity index (χ3v) is 10.1. The molecule has 1 aliphatic carbocycles. The number of sulfonamides is 1. The van der Waals surface area contributed by atoms with Crippen molar-refractivity contribution in [3.8, 4) is 16.8 Å². The van der Waals surface area contributed by atoms with E-state index in [-0.39, 0.29) is 23.0 Å². The monoisotopic (exact) mass is 624 g/mol. The molecule has 2 saturated heterocycles. The third-order valence-electron chi connectivity index (χ3n) is 8.74. The van der Waals surface area contributed by atoms with Gasteiger partial charge in [-0.3, -0.25) is 4.72 Å². The lowest BCUT2D eigenvalue weighted by Crippen LogP contribution is -2.46. The van der Waals surface area contributed by atoms with Crippen LogP contribution in [0.25, 0.3) is 29.0 Å². The van der Waals surface area contributed by atoms with E-state index in [0.717, 1.165) is 74.2 Å². The molecule has 1 aromatic carbocycles. The van der Waals surface area contributed by atoms with E-state index in [4.69, 9.17) is 4.74 Å². The molecule has 2 aliphatic heterocycles. The molecule has 0 bridgehead atoms. The molecule has 0 spiro atoms. The molecule has 44 heavy (non-hydrogen) atoms. The van der Waals surface area contributed by atoms with Gasteiger partial charge in [0, 0.05) is 79.3 Å². The standard InChI is InChI=1S/C32H38F2N6O3S/c1-3-22-16-25-26(23-17-35-21-36-18-23)19-40(30(25)10-9-29(22)39-13-11-38(4-2)12-14-39)32-27(33)7-8-28(31(32)34)37-44(41,42)20-24-6-5-15-43-24/h7-10,16-19,21-22,24,37H,3-6,11-15,20H2,1-2H3. The Morgan fingerprint density at radius 2 is 1.84 bits per heavy atom. The number of ether oxygens (including phenoxy) is 1. The number of aromatic nitrogens is 3. The van der Waals surface area contributed by atoms with Crippen molar-refractivity contribution in [2.24, 2.45) is 5.92 Å². The van der Waals surface area contributed by atoms with Gasteiger partial charge in [0.05, 0.1) is 22.9 Å². The molecule has 3 aromatic rings. The fraction of sp³-hybridized carbons (Fsp3) is 0.438. The second-order valence-corrected chi connectivity index (χ2v) is 13.2. The Morgan fingerprint density at radius 1 is 1.07 bits per heavy atom. The number of allylic oxidation sites excluding steroid dienone is 2. The van der Waals surface area contributed by atoms with E-state index in [1.54, 1.807) is 18.6 Å². The summed E-state index contributed by atoms with van der Waals surface area (Å²) in [6, 6.07) is 2.20.